The zero-order valence-electron chi connectivity index (χ0n) is 14.1. The lowest BCUT2D eigenvalue weighted by atomic mass is 10.1. The number of carbonyl (C=O) groups excluding carboxylic acids is 1. The fourth-order valence-electron chi connectivity index (χ4n) is 2.44. The van der Waals surface area contributed by atoms with E-state index in [4.69, 9.17) is 9.47 Å². The number of hydrogen-bond donors (Lipinski definition) is 1. The van der Waals surface area contributed by atoms with Crippen molar-refractivity contribution >= 4 is 5.91 Å². The number of nitrogens with one attached hydrogen (secondary N) is 1. The van der Waals surface area contributed by atoms with Crippen LogP contribution in [0, 0.1) is 0 Å². The molecule has 2 aromatic carbocycles. The van der Waals surface area contributed by atoms with Crippen LogP contribution in [0.4, 0.5) is 0 Å². The third kappa shape index (κ3) is 3.80. The largest absolute Gasteiger partial charge is 0.497 e. The van der Waals surface area contributed by atoms with Gasteiger partial charge in [-0.2, -0.15) is 5.10 Å². The molecular formula is C19H19N3O3. The summed E-state index contributed by atoms with van der Waals surface area (Å²) in [6.07, 6.45) is 3.62. The Morgan fingerprint density at radius 2 is 1.92 bits per heavy atom. The van der Waals surface area contributed by atoms with Gasteiger partial charge in [-0.3, -0.25) is 4.79 Å². The lowest BCUT2D eigenvalue weighted by molar-refractivity contribution is 0.0948. The Balaban J connectivity index is 1.68. The SMILES string of the molecule is COc1ccc(C(=O)NCc2cnn(-c3ccccc3)c2)c(OC)c1. The van der Waals surface area contributed by atoms with Gasteiger partial charge in [-0.1, -0.05) is 18.2 Å². The first-order chi connectivity index (χ1) is 12.2. The molecule has 0 aliphatic heterocycles. The van der Waals surface area contributed by atoms with Gasteiger partial charge in [0.05, 0.1) is 31.7 Å². The van der Waals surface area contributed by atoms with Crippen LogP contribution in [0.5, 0.6) is 11.5 Å². The smallest absolute Gasteiger partial charge is 0.255 e. The van der Waals surface area contributed by atoms with E-state index in [1.165, 1.54) is 7.11 Å². The van der Waals surface area contributed by atoms with Crippen LogP contribution in [0.2, 0.25) is 0 Å². The van der Waals surface area contributed by atoms with E-state index in [1.54, 1.807) is 36.2 Å². The summed E-state index contributed by atoms with van der Waals surface area (Å²) in [6, 6.07) is 14.9. The van der Waals surface area contributed by atoms with Gasteiger partial charge in [0.15, 0.2) is 0 Å². The van der Waals surface area contributed by atoms with Crippen LogP contribution >= 0.6 is 0 Å². The maximum atomic E-state index is 12.4. The Hall–Kier alpha value is -3.28. The Kier molecular flexibility index (Phi) is 4.99. The predicted molar refractivity (Wildman–Crippen MR) is 94.3 cm³/mol. The summed E-state index contributed by atoms with van der Waals surface area (Å²) in [4.78, 5) is 12.4. The Labute approximate surface area is 146 Å². The van der Waals surface area contributed by atoms with Crippen molar-refractivity contribution in [1.82, 2.24) is 15.1 Å². The zero-order valence-corrected chi connectivity index (χ0v) is 14.1. The third-order valence-corrected chi connectivity index (χ3v) is 3.76. The van der Waals surface area contributed by atoms with Crippen molar-refractivity contribution in [1.29, 1.82) is 0 Å². The average Bonchev–Trinajstić information content (AvgIpc) is 3.15. The first kappa shape index (κ1) is 16.6. The third-order valence-electron chi connectivity index (χ3n) is 3.76. The molecular weight excluding hydrogens is 318 g/mol. The molecule has 1 heterocycles. The summed E-state index contributed by atoms with van der Waals surface area (Å²) >= 11 is 0. The summed E-state index contributed by atoms with van der Waals surface area (Å²) in [5.41, 5.74) is 2.33. The van der Waals surface area contributed by atoms with Gasteiger partial charge in [0.1, 0.15) is 11.5 Å². The first-order valence-corrected chi connectivity index (χ1v) is 7.80. The van der Waals surface area contributed by atoms with E-state index in [-0.39, 0.29) is 5.91 Å². The number of benzene rings is 2. The van der Waals surface area contributed by atoms with Gasteiger partial charge >= 0.3 is 0 Å². The van der Waals surface area contributed by atoms with Crippen molar-refractivity contribution in [3.63, 3.8) is 0 Å². The number of ether oxygens (including phenoxy) is 2. The molecule has 3 aromatic rings. The summed E-state index contributed by atoms with van der Waals surface area (Å²) in [6.45, 7) is 0.376. The fraction of sp³-hybridized carbons (Fsp3) is 0.158. The summed E-state index contributed by atoms with van der Waals surface area (Å²) in [5, 5.41) is 7.20. The molecule has 0 spiro atoms. The van der Waals surface area contributed by atoms with E-state index < -0.39 is 0 Å². The van der Waals surface area contributed by atoms with Crippen LogP contribution in [0.1, 0.15) is 15.9 Å². The lowest BCUT2D eigenvalue weighted by Gasteiger charge is -2.10. The van der Waals surface area contributed by atoms with Crippen LogP contribution < -0.4 is 14.8 Å². The molecule has 3 rings (SSSR count). The van der Waals surface area contributed by atoms with E-state index in [0.29, 0.717) is 23.6 Å². The number of nitrogens with zero attached hydrogens (tertiary/aromatic N) is 2. The summed E-state index contributed by atoms with van der Waals surface area (Å²) in [5.74, 6) is 0.890. The topological polar surface area (TPSA) is 65.4 Å². The molecule has 1 amide bonds. The van der Waals surface area contributed by atoms with Gasteiger partial charge in [-0.15, -0.1) is 0 Å². The number of hydrogen-bond acceptors (Lipinski definition) is 4. The number of methoxy groups -OCH3 is 2. The van der Waals surface area contributed by atoms with Crippen molar-refractivity contribution in [2.75, 3.05) is 14.2 Å². The molecule has 0 saturated heterocycles. The highest BCUT2D eigenvalue weighted by Crippen LogP contribution is 2.24. The highest BCUT2D eigenvalue weighted by atomic mass is 16.5. The average molecular weight is 337 g/mol. The van der Waals surface area contributed by atoms with Crippen LogP contribution in [0.15, 0.2) is 60.9 Å². The maximum Gasteiger partial charge on any atom is 0.255 e. The molecule has 128 valence electrons. The highest BCUT2D eigenvalue weighted by Gasteiger charge is 2.13. The molecule has 0 aliphatic carbocycles. The molecule has 25 heavy (non-hydrogen) atoms. The minimum absolute atomic E-state index is 0.216. The molecule has 6 heteroatoms. The van der Waals surface area contributed by atoms with Crippen molar-refractivity contribution in [2.24, 2.45) is 0 Å². The number of rotatable bonds is 6. The predicted octanol–water partition coefficient (Wildman–Crippen LogP) is 2.82. The standard InChI is InChI=1S/C19H19N3O3/c1-24-16-8-9-17(18(10-16)25-2)19(23)20-11-14-12-21-22(13-14)15-6-4-3-5-7-15/h3-10,12-13H,11H2,1-2H3,(H,20,23). The second kappa shape index (κ2) is 7.53. The van der Waals surface area contributed by atoms with Crippen molar-refractivity contribution in [3.8, 4) is 17.2 Å². The molecule has 0 fully saturated rings. The minimum Gasteiger partial charge on any atom is -0.497 e. The monoisotopic (exact) mass is 337 g/mol. The first-order valence-electron chi connectivity index (χ1n) is 7.80. The minimum atomic E-state index is -0.216. The van der Waals surface area contributed by atoms with Crippen molar-refractivity contribution in [3.05, 3.63) is 72.1 Å². The van der Waals surface area contributed by atoms with Gasteiger partial charge in [0.2, 0.25) is 0 Å². The molecule has 0 bridgehead atoms. The van der Waals surface area contributed by atoms with Gasteiger partial charge in [-0.05, 0) is 24.3 Å². The van der Waals surface area contributed by atoms with Crippen LogP contribution in [0.3, 0.4) is 0 Å². The Morgan fingerprint density at radius 3 is 2.64 bits per heavy atom. The normalized spacial score (nSPS) is 10.3. The number of carbonyl (C=O) groups is 1. The molecule has 0 saturated carbocycles. The Morgan fingerprint density at radius 1 is 1.12 bits per heavy atom. The molecule has 6 nitrogen and oxygen atoms in total. The quantitative estimate of drug-likeness (QED) is 0.751. The highest BCUT2D eigenvalue weighted by molar-refractivity contribution is 5.97. The molecule has 0 unspecified atom stereocenters. The fourth-order valence-corrected chi connectivity index (χ4v) is 2.44. The van der Waals surface area contributed by atoms with E-state index in [1.807, 2.05) is 36.5 Å². The van der Waals surface area contributed by atoms with E-state index >= 15 is 0 Å². The Bertz CT molecular complexity index is 859. The second-order valence-corrected chi connectivity index (χ2v) is 5.38. The lowest BCUT2D eigenvalue weighted by Crippen LogP contribution is -2.23. The van der Waals surface area contributed by atoms with Crippen LogP contribution in [0.25, 0.3) is 5.69 Å². The second-order valence-electron chi connectivity index (χ2n) is 5.38. The molecule has 1 aromatic heterocycles. The zero-order chi connectivity index (χ0) is 17.6. The maximum absolute atomic E-state index is 12.4. The van der Waals surface area contributed by atoms with Crippen LogP contribution in [-0.4, -0.2) is 29.9 Å². The number of aromatic nitrogens is 2. The van der Waals surface area contributed by atoms with E-state index in [0.717, 1.165) is 11.3 Å². The van der Waals surface area contributed by atoms with Gasteiger partial charge in [0, 0.05) is 24.4 Å². The van der Waals surface area contributed by atoms with E-state index in [9.17, 15) is 4.79 Å². The molecule has 0 aliphatic rings. The molecule has 1 N–H and O–H groups in total. The number of para-hydroxylation sites is 1. The van der Waals surface area contributed by atoms with Crippen molar-refractivity contribution < 1.29 is 14.3 Å². The molecule has 0 radical (unpaired) electrons. The number of amides is 1. The molecule has 0 atom stereocenters. The van der Waals surface area contributed by atoms with E-state index in [2.05, 4.69) is 10.4 Å². The van der Waals surface area contributed by atoms with Gasteiger partial charge in [0.25, 0.3) is 5.91 Å². The van der Waals surface area contributed by atoms with Crippen LogP contribution in [-0.2, 0) is 6.54 Å². The van der Waals surface area contributed by atoms with Crippen molar-refractivity contribution in [2.45, 2.75) is 6.54 Å². The summed E-state index contributed by atoms with van der Waals surface area (Å²) < 4.78 is 12.2. The summed E-state index contributed by atoms with van der Waals surface area (Å²) in [7, 11) is 3.09. The van der Waals surface area contributed by atoms with Gasteiger partial charge in [-0.25, -0.2) is 4.68 Å². The van der Waals surface area contributed by atoms with Gasteiger partial charge < -0.3 is 14.8 Å².